The van der Waals surface area contributed by atoms with Crippen LogP contribution < -0.4 is 0 Å². The molecule has 5 aromatic rings. The first kappa shape index (κ1) is 47.2. The molecule has 2 heterocycles. The van der Waals surface area contributed by atoms with E-state index in [0.717, 1.165) is 64.2 Å². The van der Waals surface area contributed by atoms with Crippen LogP contribution in [0.25, 0.3) is 0 Å². The Morgan fingerprint density at radius 3 is 0.677 bits per heavy atom. The van der Waals surface area contributed by atoms with Gasteiger partial charge in [0, 0.05) is 52.4 Å². The Bertz CT molecular complexity index is 2660. The second-order valence-corrected chi connectivity index (χ2v) is 23.9. The van der Waals surface area contributed by atoms with Gasteiger partial charge < -0.3 is 0 Å². The van der Waals surface area contributed by atoms with Crippen LogP contribution in [0.1, 0.15) is 55.6 Å². The molecule has 0 unspecified atom stereocenters. The molecule has 2 aliphatic heterocycles. The molecule has 0 fully saturated rings. The molecule has 12 nitrogen and oxygen atoms in total. The fraction of sp³-hybridized carbons (Fsp3) is 0.348. The van der Waals surface area contributed by atoms with E-state index in [1.165, 1.54) is 57.1 Å². The Morgan fingerprint density at radius 1 is 0.290 bits per heavy atom. The van der Waals surface area contributed by atoms with Crippen LogP contribution in [0, 0.1) is 55.4 Å². The van der Waals surface area contributed by atoms with Gasteiger partial charge in [-0.2, -0.15) is 17.2 Å². The van der Waals surface area contributed by atoms with Gasteiger partial charge in [-0.05, 0) is 137 Å². The zero-order valence-electron chi connectivity index (χ0n) is 36.6. The van der Waals surface area contributed by atoms with Gasteiger partial charge in [0.1, 0.15) is 0 Å². The molecule has 16 heteroatoms. The Hall–Kier alpha value is -4.26. The van der Waals surface area contributed by atoms with Gasteiger partial charge in [-0.15, -0.1) is 0 Å². The lowest BCUT2D eigenvalue weighted by atomic mass is 9.88. The van der Waals surface area contributed by atoms with E-state index in [-0.39, 0.29) is 71.9 Å². The van der Waals surface area contributed by atoms with Crippen LogP contribution in [0.2, 0.25) is 0 Å². The van der Waals surface area contributed by atoms with Crippen LogP contribution in [0.4, 0.5) is 0 Å². The maximum Gasteiger partial charge on any atom is 0.243 e. The van der Waals surface area contributed by atoms with Crippen molar-refractivity contribution in [1.29, 1.82) is 0 Å². The van der Waals surface area contributed by atoms with Gasteiger partial charge in [0.05, 0.1) is 19.6 Å². The van der Waals surface area contributed by atoms with E-state index in [2.05, 4.69) is 0 Å². The molecule has 2 bridgehead atoms. The molecule has 0 spiro atoms. The summed E-state index contributed by atoms with van der Waals surface area (Å²) in [6, 6.07) is 25.5. The van der Waals surface area contributed by atoms with Crippen LogP contribution in [-0.4, -0.2) is 90.2 Å². The first-order valence-electron chi connectivity index (χ1n) is 20.4. The zero-order chi connectivity index (χ0) is 45.4. The summed E-state index contributed by atoms with van der Waals surface area (Å²) in [5, 5.41) is 0. The van der Waals surface area contributed by atoms with Crippen LogP contribution >= 0.6 is 0 Å². The first-order valence-corrected chi connectivity index (χ1v) is 26.2. The topological polar surface area (TPSA) is 150 Å². The maximum absolute atomic E-state index is 14.7. The van der Waals surface area contributed by atoms with E-state index >= 15 is 0 Å². The number of fused-ring (bicyclic) bond motifs is 13. The number of hydrogen-bond acceptors (Lipinski definition) is 8. The van der Waals surface area contributed by atoms with E-state index in [1.807, 2.05) is 55.4 Å². The fourth-order valence-corrected chi connectivity index (χ4v) is 13.3. The van der Waals surface area contributed by atoms with Crippen molar-refractivity contribution in [2.75, 3.05) is 39.3 Å². The summed E-state index contributed by atoms with van der Waals surface area (Å²) < 4.78 is 122. The molecule has 0 radical (unpaired) electrons. The summed E-state index contributed by atoms with van der Waals surface area (Å²) >= 11 is 0. The largest absolute Gasteiger partial charge is 0.243 e. The second kappa shape index (κ2) is 18.5. The Morgan fingerprint density at radius 2 is 0.468 bits per heavy atom. The minimum absolute atomic E-state index is 0.0396. The average molecular weight is 921 g/mol. The summed E-state index contributed by atoms with van der Waals surface area (Å²) in [6.07, 6.45) is 0. The molecule has 2 aliphatic rings. The number of benzene rings is 5. The molecule has 332 valence electrons. The zero-order valence-corrected chi connectivity index (χ0v) is 39.8. The van der Waals surface area contributed by atoms with E-state index in [0.29, 0.717) is 0 Å². The smallest absolute Gasteiger partial charge is 0.207 e. The predicted octanol–water partition coefficient (Wildman–Crippen LogP) is 6.93. The molecule has 0 aromatic heterocycles. The highest BCUT2D eigenvalue weighted by Crippen LogP contribution is 2.33. The van der Waals surface area contributed by atoms with Gasteiger partial charge in [0.2, 0.25) is 40.1 Å². The van der Waals surface area contributed by atoms with E-state index in [9.17, 15) is 33.7 Å². The van der Waals surface area contributed by atoms with Gasteiger partial charge in [0.25, 0.3) is 0 Å². The van der Waals surface area contributed by atoms with Gasteiger partial charge in [-0.25, -0.2) is 33.7 Å². The van der Waals surface area contributed by atoms with Crippen molar-refractivity contribution in [2.24, 2.45) is 0 Å². The number of sulfonamides is 4. The van der Waals surface area contributed by atoms with Gasteiger partial charge in [0.15, 0.2) is 0 Å². The van der Waals surface area contributed by atoms with Gasteiger partial charge in [-0.1, -0.05) is 70.8 Å². The van der Waals surface area contributed by atoms with E-state index < -0.39 is 40.1 Å². The van der Waals surface area contributed by atoms with Crippen molar-refractivity contribution in [1.82, 2.24) is 17.2 Å². The maximum atomic E-state index is 14.7. The molecule has 0 N–H and O–H groups in total. The molecule has 5 aromatic carbocycles. The molecule has 62 heavy (non-hydrogen) atoms. The minimum atomic E-state index is -4.34. The molecular weight excluding hydrogens is 865 g/mol. The first-order chi connectivity index (χ1) is 29.0. The van der Waals surface area contributed by atoms with E-state index in [4.69, 9.17) is 0 Å². The standard InChI is InChI=1S/C46H56N4O8S4/c1-33-9-17-41(18-10-33)59(51,52)47-25-26-48(60(53,54)42-19-11-34(2)12-20-42)28-30-50(62(57,58)44-23-15-36(4)16-24-44)32-46-39(7)37(5)45(38(6)40(46)8)31-49(29-27-47)61(55,56)43-21-13-35(3)14-22-43/h9-24H,25-32H2,1-8H3. The van der Waals surface area contributed by atoms with Gasteiger partial charge >= 0.3 is 0 Å². The average Bonchev–Trinajstić information content (AvgIpc) is 3.22. The third-order valence-electron chi connectivity index (χ3n) is 12.0. The Balaban J connectivity index is 1.57. The normalized spacial score (nSPS) is 16.5. The van der Waals surface area contributed by atoms with Crippen LogP contribution in [-0.2, 0) is 53.2 Å². The van der Waals surface area contributed by atoms with Crippen molar-refractivity contribution >= 4 is 40.1 Å². The van der Waals surface area contributed by atoms with Crippen molar-refractivity contribution in [2.45, 2.75) is 88.1 Å². The molecule has 0 amide bonds. The molecule has 0 atom stereocenters. The summed E-state index contributed by atoms with van der Waals surface area (Å²) in [6.45, 7) is 12.8. The number of hydrogen-bond donors (Lipinski definition) is 0. The Kier molecular flexibility index (Phi) is 14.1. The highest BCUT2D eigenvalue weighted by Gasteiger charge is 2.35. The predicted molar refractivity (Wildman–Crippen MR) is 243 cm³/mol. The molecule has 0 aliphatic carbocycles. The summed E-state index contributed by atoms with van der Waals surface area (Å²) in [7, 11) is -17.2. The van der Waals surface area contributed by atoms with E-state index in [1.54, 1.807) is 48.5 Å². The molecule has 0 saturated carbocycles. The summed E-state index contributed by atoms with van der Waals surface area (Å²) in [5.41, 5.74) is 7.89. The SMILES string of the molecule is Cc1ccc(S(=O)(=O)N2CCN(S(=O)(=O)c3ccc(C)cc3)CCN(S(=O)(=O)c3ccc(C)cc3)Cc3c(C)c(C)c(c(C)c3C)CN(S(=O)(=O)c3ccc(C)cc3)CC2)cc1. The highest BCUT2D eigenvalue weighted by molar-refractivity contribution is 7.90. The Labute approximate surface area is 369 Å². The third-order valence-corrected chi connectivity index (χ3v) is 19.6. The van der Waals surface area contributed by atoms with Gasteiger partial charge in [-0.3, -0.25) is 0 Å². The quantitative estimate of drug-likeness (QED) is 0.152. The van der Waals surface area contributed by atoms with Crippen molar-refractivity contribution < 1.29 is 33.7 Å². The van der Waals surface area contributed by atoms with Crippen molar-refractivity contribution in [3.8, 4) is 0 Å². The molecule has 0 saturated heterocycles. The minimum Gasteiger partial charge on any atom is -0.207 e. The van der Waals surface area contributed by atoms with Crippen LogP contribution in [0.15, 0.2) is 117 Å². The lowest BCUT2D eigenvalue weighted by molar-refractivity contribution is 0.297. The summed E-state index contributed by atoms with van der Waals surface area (Å²) in [5.74, 6) is 0. The van der Waals surface area contributed by atoms with Crippen LogP contribution in [0.5, 0.6) is 0 Å². The number of nitrogens with zero attached hydrogens (tertiary/aromatic N) is 4. The third kappa shape index (κ3) is 9.77. The van der Waals surface area contributed by atoms with Crippen molar-refractivity contribution in [3.63, 3.8) is 0 Å². The second-order valence-electron chi connectivity index (χ2n) is 16.2. The number of aryl methyl sites for hydroxylation is 4. The lowest BCUT2D eigenvalue weighted by Gasteiger charge is -2.33. The lowest BCUT2D eigenvalue weighted by Crippen LogP contribution is -2.47. The fourth-order valence-electron chi connectivity index (χ4n) is 7.67. The highest BCUT2D eigenvalue weighted by atomic mass is 32.2. The summed E-state index contributed by atoms with van der Waals surface area (Å²) in [4.78, 5) is 0.000773. The molecular formula is C46H56N4O8S4. The van der Waals surface area contributed by atoms with Crippen molar-refractivity contribution in [3.05, 3.63) is 153 Å². The monoisotopic (exact) mass is 920 g/mol. The van der Waals surface area contributed by atoms with Crippen LogP contribution in [0.3, 0.4) is 0 Å². The number of rotatable bonds is 8. The molecule has 7 rings (SSSR count).